The van der Waals surface area contributed by atoms with Gasteiger partial charge in [0.05, 0.1) is 23.8 Å². The van der Waals surface area contributed by atoms with Crippen molar-refractivity contribution in [1.82, 2.24) is 0 Å². The molecule has 3 aromatic carbocycles. The molecule has 1 aliphatic heterocycles. The van der Waals surface area contributed by atoms with E-state index in [1.165, 1.54) is 42.7 Å². The summed E-state index contributed by atoms with van der Waals surface area (Å²) in [7, 11) is 1.23. The lowest BCUT2D eigenvalue weighted by atomic mass is 9.91. The van der Waals surface area contributed by atoms with E-state index in [0.717, 1.165) is 24.3 Å². The number of benzene rings is 3. The van der Waals surface area contributed by atoms with Crippen LogP contribution in [0.15, 0.2) is 48.5 Å². The number of hydroxylamine groups is 3. The second-order valence-electron chi connectivity index (χ2n) is 11.0. The van der Waals surface area contributed by atoms with Crippen molar-refractivity contribution in [2.45, 2.75) is 68.1 Å². The first kappa shape index (κ1) is 35.2. The first-order chi connectivity index (χ1) is 20.6. The standard InChI is InChI=1S/C30H26F10INO3/c1-14(2)22-11-23(25(44-4)12-24(22)31)21-6-5-18(28(32,33)34)9-17(21)13-42(43)15(3)26(45-27(42)41)16-7-19(29(35,36)37)10-20(8-16)30(38,39)40/h5-12,14-15,26-27H,13H2,1-4H3/t15-,26-,27?,42?/m0/s1. The van der Waals surface area contributed by atoms with Gasteiger partial charge in [-0.15, -0.1) is 0 Å². The fraction of sp³-hybridized carbons (Fsp3) is 0.400. The number of halogens is 11. The molecule has 0 bridgehead atoms. The zero-order valence-electron chi connectivity index (χ0n) is 24.0. The molecule has 0 radical (unpaired) electrons. The third-order valence-electron chi connectivity index (χ3n) is 7.75. The number of alkyl halides is 10. The van der Waals surface area contributed by atoms with Crippen molar-refractivity contribution in [1.29, 1.82) is 0 Å². The van der Waals surface area contributed by atoms with Gasteiger partial charge in [0.1, 0.15) is 30.3 Å². The molecule has 0 spiro atoms. The van der Waals surface area contributed by atoms with E-state index < -0.39 is 74.2 Å². The number of nitrogens with zero attached hydrogens (tertiary/aromatic N) is 1. The van der Waals surface area contributed by atoms with Crippen LogP contribution in [0.1, 0.15) is 66.2 Å². The molecular formula is C30H26F10INO3. The number of ether oxygens (including phenoxy) is 2. The van der Waals surface area contributed by atoms with Gasteiger partial charge in [0.25, 0.3) is 0 Å². The van der Waals surface area contributed by atoms with Gasteiger partial charge in [-0.25, -0.2) is 4.39 Å². The Bertz CT molecular complexity index is 1540. The Morgan fingerprint density at radius 2 is 1.40 bits per heavy atom. The van der Waals surface area contributed by atoms with Crippen LogP contribution in [0.5, 0.6) is 5.75 Å². The molecule has 0 N–H and O–H groups in total. The first-order valence-corrected chi connectivity index (χ1v) is 14.6. The van der Waals surface area contributed by atoms with Crippen LogP contribution in [0.25, 0.3) is 11.1 Å². The lowest BCUT2D eigenvalue weighted by molar-refractivity contribution is -0.918. The minimum absolute atomic E-state index is 0.0337. The molecule has 15 heteroatoms. The highest BCUT2D eigenvalue weighted by Crippen LogP contribution is 2.48. The summed E-state index contributed by atoms with van der Waals surface area (Å²) in [6.45, 7) is 3.91. The third-order valence-corrected chi connectivity index (χ3v) is 8.99. The molecule has 1 aliphatic rings. The SMILES string of the molecule is COc1cc(F)c(C(C)C)cc1-c1ccc(C(F)(F)F)cc1C[N+]1([O-])C(I)O[C@H](c2cc(C(F)(F)F)cc(C(F)(F)F)c2)[C@@H]1C. The van der Waals surface area contributed by atoms with Crippen molar-refractivity contribution in [2.24, 2.45) is 0 Å². The zero-order chi connectivity index (χ0) is 33.9. The second-order valence-corrected chi connectivity index (χ2v) is 12.1. The van der Waals surface area contributed by atoms with Gasteiger partial charge in [0, 0.05) is 39.8 Å². The van der Waals surface area contributed by atoms with E-state index in [0.29, 0.717) is 12.1 Å². The maximum absolute atomic E-state index is 14.8. The van der Waals surface area contributed by atoms with Crippen LogP contribution in [0.3, 0.4) is 0 Å². The normalized spacial score (nSPS) is 22.7. The summed E-state index contributed by atoms with van der Waals surface area (Å²) < 4.78 is 146. The number of methoxy groups -OCH3 is 1. The van der Waals surface area contributed by atoms with Gasteiger partial charge >= 0.3 is 18.5 Å². The van der Waals surface area contributed by atoms with Crippen molar-refractivity contribution in [3.8, 4) is 16.9 Å². The number of hydrogen-bond donors (Lipinski definition) is 0. The van der Waals surface area contributed by atoms with Gasteiger partial charge in [-0.2, -0.15) is 39.5 Å². The smallest absolute Gasteiger partial charge is 0.416 e. The van der Waals surface area contributed by atoms with E-state index in [2.05, 4.69) is 0 Å². The monoisotopic (exact) mass is 765 g/mol. The second kappa shape index (κ2) is 12.2. The van der Waals surface area contributed by atoms with E-state index in [-0.39, 0.29) is 40.0 Å². The summed E-state index contributed by atoms with van der Waals surface area (Å²) in [6, 6.07) is 4.58. The number of hydrogen-bond acceptors (Lipinski definition) is 3. The zero-order valence-corrected chi connectivity index (χ0v) is 26.1. The minimum Gasteiger partial charge on any atom is -0.630 e. The van der Waals surface area contributed by atoms with Gasteiger partial charge in [-0.3, -0.25) is 0 Å². The van der Waals surface area contributed by atoms with Crippen LogP contribution < -0.4 is 4.74 Å². The third kappa shape index (κ3) is 7.05. The number of quaternary nitrogens is 1. The summed E-state index contributed by atoms with van der Waals surface area (Å²) >= 11 is 1.52. The largest absolute Gasteiger partial charge is 0.630 e. The van der Waals surface area contributed by atoms with E-state index in [1.807, 2.05) is 0 Å². The molecule has 0 aromatic heterocycles. The Balaban J connectivity index is 1.86. The molecule has 246 valence electrons. The molecule has 4 nitrogen and oxygen atoms in total. The molecule has 4 atom stereocenters. The van der Waals surface area contributed by atoms with E-state index in [9.17, 15) is 49.1 Å². The van der Waals surface area contributed by atoms with Gasteiger partial charge < -0.3 is 19.3 Å². The van der Waals surface area contributed by atoms with Gasteiger partial charge in [-0.05, 0) is 65.9 Å². The topological polar surface area (TPSA) is 41.5 Å². The highest BCUT2D eigenvalue weighted by molar-refractivity contribution is 14.1. The molecule has 0 aliphatic carbocycles. The van der Waals surface area contributed by atoms with Crippen molar-refractivity contribution in [3.05, 3.63) is 92.9 Å². The van der Waals surface area contributed by atoms with Crippen LogP contribution >= 0.6 is 22.6 Å². The summed E-state index contributed by atoms with van der Waals surface area (Å²) in [4.78, 5) is 0. The summed E-state index contributed by atoms with van der Waals surface area (Å²) in [5.74, 6) is -0.998. The molecule has 0 saturated carbocycles. The summed E-state index contributed by atoms with van der Waals surface area (Å²) in [5.41, 5.74) is -4.56. The van der Waals surface area contributed by atoms with Gasteiger partial charge in [0.2, 0.25) is 4.23 Å². The fourth-order valence-corrected chi connectivity index (χ4v) is 6.31. The van der Waals surface area contributed by atoms with Crippen molar-refractivity contribution in [2.75, 3.05) is 7.11 Å². The van der Waals surface area contributed by atoms with E-state index in [1.54, 1.807) is 13.8 Å². The lowest BCUT2D eigenvalue weighted by Gasteiger charge is -2.44. The summed E-state index contributed by atoms with van der Waals surface area (Å²) in [6.07, 6.45) is -16.7. The molecular weight excluding hydrogens is 739 g/mol. The highest BCUT2D eigenvalue weighted by atomic mass is 127. The van der Waals surface area contributed by atoms with Crippen LogP contribution in [0, 0.1) is 11.0 Å². The Morgan fingerprint density at radius 3 is 1.89 bits per heavy atom. The lowest BCUT2D eigenvalue weighted by Crippen LogP contribution is -2.48. The Kier molecular flexibility index (Phi) is 9.54. The van der Waals surface area contributed by atoms with Crippen molar-refractivity contribution < 1.29 is 58.0 Å². The molecule has 2 unspecified atom stereocenters. The number of rotatable bonds is 6. The average Bonchev–Trinajstić information content (AvgIpc) is 3.14. The van der Waals surface area contributed by atoms with Gasteiger partial charge in [-0.1, -0.05) is 19.9 Å². The minimum atomic E-state index is -5.15. The molecule has 4 rings (SSSR count). The fourth-order valence-electron chi connectivity index (χ4n) is 5.29. The van der Waals surface area contributed by atoms with Crippen LogP contribution in [-0.4, -0.2) is 22.0 Å². The predicted octanol–water partition coefficient (Wildman–Crippen LogP) is 10.4. The van der Waals surface area contributed by atoms with Gasteiger partial charge in [0.15, 0.2) is 0 Å². The van der Waals surface area contributed by atoms with Crippen molar-refractivity contribution in [3.63, 3.8) is 0 Å². The molecule has 45 heavy (non-hydrogen) atoms. The molecule has 1 heterocycles. The molecule has 1 fully saturated rings. The Labute approximate surface area is 265 Å². The first-order valence-electron chi connectivity index (χ1n) is 13.3. The quantitative estimate of drug-likeness (QED) is 0.0627. The maximum Gasteiger partial charge on any atom is 0.416 e. The van der Waals surface area contributed by atoms with Crippen molar-refractivity contribution >= 4 is 22.6 Å². The van der Waals surface area contributed by atoms with Crippen LogP contribution in [0.4, 0.5) is 43.9 Å². The Hall–Kier alpha value is -2.63. The molecule has 0 amide bonds. The van der Waals surface area contributed by atoms with E-state index >= 15 is 0 Å². The maximum atomic E-state index is 14.8. The van der Waals surface area contributed by atoms with Crippen LogP contribution in [0.2, 0.25) is 0 Å². The van der Waals surface area contributed by atoms with E-state index in [4.69, 9.17) is 9.47 Å². The molecule has 3 aromatic rings. The van der Waals surface area contributed by atoms with Crippen LogP contribution in [-0.2, 0) is 29.8 Å². The highest BCUT2D eigenvalue weighted by Gasteiger charge is 2.50. The predicted molar refractivity (Wildman–Crippen MR) is 152 cm³/mol. The average molecular weight is 765 g/mol. The Morgan fingerprint density at radius 1 is 0.844 bits per heavy atom. The molecule has 1 saturated heterocycles. The summed E-state index contributed by atoms with van der Waals surface area (Å²) in [5, 5.41) is 14.4.